The van der Waals surface area contributed by atoms with Gasteiger partial charge < -0.3 is 19.4 Å². The number of phenols is 1. The molecule has 1 aliphatic rings. The van der Waals surface area contributed by atoms with Crippen molar-refractivity contribution in [1.82, 2.24) is 4.90 Å². The van der Waals surface area contributed by atoms with E-state index in [1.165, 1.54) is 18.2 Å². The first-order valence-electron chi connectivity index (χ1n) is 9.07. The molecule has 2 N–H and O–H groups in total. The largest absolute Gasteiger partial charge is 0.507 e. The molecule has 27 heavy (non-hydrogen) atoms. The van der Waals surface area contributed by atoms with Crippen LogP contribution in [-0.2, 0) is 0 Å². The molecule has 1 atom stereocenters. The maximum Gasteiger partial charge on any atom is 0.259 e. The van der Waals surface area contributed by atoms with Crippen LogP contribution in [0.15, 0.2) is 57.7 Å². The van der Waals surface area contributed by atoms with Crippen molar-refractivity contribution in [1.29, 1.82) is 0 Å². The molecule has 1 aliphatic heterocycles. The first-order valence-corrected chi connectivity index (χ1v) is 9.07. The van der Waals surface area contributed by atoms with Gasteiger partial charge in [0, 0.05) is 36.9 Å². The second-order valence-electron chi connectivity index (χ2n) is 6.70. The second kappa shape index (κ2) is 7.42. The molecule has 0 amide bonds. The first kappa shape index (κ1) is 17.6. The fourth-order valence-corrected chi connectivity index (χ4v) is 3.39. The van der Waals surface area contributed by atoms with Crippen molar-refractivity contribution in [2.45, 2.75) is 25.7 Å². The summed E-state index contributed by atoms with van der Waals surface area (Å²) in [6.45, 7) is 1.52. The summed E-state index contributed by atoms with van der Waals surface area (Å²) in [6, 6.07) is 13.5. The Kier molecular flexibility index (Phi) is 4.83. The lowest BCUT2D eigenvalue weighted by atomic mass is 10.1. The third kappa shape index (κ3) is 3.67. The van der Waals surface area contributed by atoms with Gasteiger partial charge in [-0.25, -0.2) is 4.90 Å². The zero-order chi connectivity index (χ0) is 18.8. The highest BCUT2D eigenvalue weighted by molar-refractivity contribution is 5.86. The molecule has 0 spiro atoms. The van der Waals surface area contributed by atoms with Crippen molar-refractivity contribution in [3.8, 4) is 22.8 Å². The van der Waals surface area contributed by atoms with Crippen LogP contribution in [0, 0.1) is 0 Å². The molecule has 0 aliphatic carbocycles. The average molecular weight is 367 g/mol. The van der Waals surface area contributed by atoms with E-state index in [0.29, 0.717) is 5.76 Å². The van der Waals surface area contributed by atoms with Gasteiger partial charge in [-0.15, -0.1) is 0 Å². The predicted molar refractivity (Wildman–Crippen MR) is 102 cm³/mol. The van der Waals surface area contributed by atoms with Crippen molar-refractivity contribution in [3.63, 3.8) is 0 Å². The Morgan fingerprint density at radius 2 is 1.78 bits per heavy atom. The summed E-state index contributed by atoms with van der Waals surface area (Å²) in [7, 11) is 0. The Labute approximate surface area is 156 Å². The molecule has 6 nitrogen and oxygen atoms in total. The minimum absolute atomic E-state index is 0.0921. The molecule has 1 fully saturated rings. The minimum atomic E-state index is -1.11. The van der Waals surface area contributed by atoms with E-state index in [4.69, 9.17) is 9.15 Å². The van der Waals surface area contributed by atoms with Gasteiger partial charge in [0.1, 0.15) is 28.2 Å². The maximum atomic E-state index is 12.5. The van der Waals surface area contributed by atoms with Gasteiger partial charge in [0.15, 0.2) is 5.43 Å². The molecule has 3 aromatic rings. The van der Waals surface area contributed by atoms with Gasteiger partial charge in [-0.05, 0) is 12.8 Å². The summed E-state index contributed by atoms with van der Waals surface area (Å²) < 4.78 is 11.4. The highest BCUT2D eigenvalue weighted by Crippen LogP contribution is 2.31. The van der Waals surface area contributed by atoms with Crippen LogP contribution in [0.25, 0.3) is 22.3 Å². The molecule has 4 rings (SSSR count). The lowest BCUT2D eigenvalue weighted by Crippen LogP contribution is -2.42. The summed E-state index contributed by atoms with van der Waals surface area (Å²) in [6.07, 6.45) is 2.07. The number of rotatable bonds is 4. The number of hydrogen-bond donors (Lipinski definition) is 2. The summed E-state index contributed by atoms with van der Waals surface area (Å²) in [5, 5.41) is 20.7. The number of piperidine rings is 1. The van der Waals surface area contributed by atoms with Crippen LogP contribution < -0.4 is 10.2 Å². The van der Waals surface area contributed by atoms with Crippen LogP contribution in [0.4, 0.5) is 0 Å². The van der Waals surface area contributed by atoms with E-state index in [2.05, 4.69) is 0 Å². The SMILES string of the molecule is O=c1cc(-c2ccccc2)oc2cc(OC(O)N3CCCCC3)cc(O)c12. The van der Waals surface area contributed by atoms with Crippen LogP contribution in [0.2, 0.25) is 0 Å². The summed E-state index contributed by atoms with van der Waals surface area (Å²) in [4.78, 5) is 14.3. The van der Waals surface area contributed by atoms with Crippen LogP contribution in [0.3, 0.4) is 0 Å². The van der Waals surface area contributed by atoms with E-state index in [1.807, 2.05) is 35.2 Å². The number of aliphatic hydroxyl groups is 1. The van der Waals surface area contributed by atoms with Gasteiger partial charge in [0.05, 0.1) is 0 Å². The molecule has 1 aromatic heterocycles. The van der Waals surface area contributed by atoms with E-state index in [9.17, 15) is 15.0 Å². The molecule has 6 heteroatoms. The Hall–Kier alpha value is -2.83. The number of likely N-dealkylation sites (tertiary alicyclic amines) is 1. The van der Waals surface area contributed by atoms with E-state index < -0.39 is 6.41 Å². The average Bonchev–Trinajstić information content (AvgIpc) is 2.68. The maximum absolute atomic E-state index is 12.5. The van der Waals surface area contributed by atoms with Crippen LogP contribution in [0.5, 0.6) is 11.5 Å². The van der Waals surface area contributed by atoms with Crippen molar-refractivity contribution < 1.29 is 19.4 Å². The quantitative estimate of drug-likeness (QED) is 0.689. The van der Waals surface area contributed by atoms with E-state index in [1.54, 1.807) is 0 Å². The van der Waals surface area contributed by atoms with Crippen molar-refractivity contribution in [2.24, 2.45) is 0 Å². The van der Waals surface area contributed by atoms with Crippen molar-refractivity contribution >= 4 is 11.0 Å². The summed E-state index contributed by atoms with van der Waals surface area (Å²) in [5.74, 6) is 0.411. The van der Waals surface area contributed by atoms with E-state index in [0.717, 1.165) is 37.9 Å². The summed E-state index contributed by atoms with van der Waals surface area (Å²) in [5.41, 5.74) is 0.633. The Morgan fingerprint density at radius 1 is 1.04 bits per heavy atom. The Morgan fingerprint density at radius 3 is 2.52 bits per heavy atom. The lowest BCUT2D eigenvalue weighted by molar-refractivity contribution is -0.141. The normalized spacial score (nSPS) is 16.3. The summed E-state index contributed by atoms with van der Waals surface area (Å²) >= 11 is 0. The molecular formula is C21H21NO5. The molecule has 0 saturated carbocycles. The fourth-order valence-electron chi connectivity index (χ4n) is 3.39. The fraction of sp³-hybridized carbons (Fsp3) is 0.286. The van der Waals surface area contributed by atoms with Crippen molar-refractivity contribution in [3.05, 3.63) is 58.8 Å². The van der Waals surface area contributed by atoms with Gasteiger partial charge in [-0.1, -0.05) is 36.8 Å². The number of fused-ring (bicyclic) bond motifs is 1. The molecule has 0 bridgehead atoms. The Bertz CT molecular complexity index is 993. The third-order valence-corrected chi connectivity index (χ3v) is 4.79. The molecule has 1 saturated heterocycles. The van der Waals surface area contributed by atoms with Gasteiger partial charge >= 0.3 is 0 Å². The number of ether oxygens (including phenoxy) is 1. The standard InChI is InChI=1S/C21H21NO5/c23-16-11-15(26-21(25)22-9-5-2-6-10-22)12-19-20(16)17(24)13-18(27-19)14-7-3-1-4-8-14/h1,3-4,7-8,11-13,21,23,25H,2,5-6,9-10H2. The van der Waals surface area contributed by atoms with Gasteiger partial charge in [-0.3, -0.25) is 4.79 Å². The smallest absolute Gasteiger partial charge is 0.259 e. The number of hydrogen-bond acceptors (Lipinski definition) is 6. The third-order valence-electron chi connectivity index (χ3n) is 4.79. The van der Waals surface area contributed by atoms with Crippen molar-refractivity contribution in [2.75, 3.05) is 13.1 Å². The van der Waals surface area contributed by atoms with E-state index >= 15 is 0 Å². The number of benzene rings is 2. The second-order valence-corrected chi connectivity index (χ2v) is 6.70. The highest BCUT2D eigenvalue weighted by Gasteiger charge is 2.21. The van der Waals surface area contributed by atoms with Crippen LogP contribution in [0.1, 0.15) is 19.3 Å². The zero-order valence-corrected chi connectivity index (χ0v) is 14.8. The molecule has 2 heterocycles. The number of aliphatic hydroxyl groups excluding tert-OH is 1. The van der Waals surface area contributed by atoms with Crippen LogP contribution in [-0.4, -0.2) is 34.6 Å². The minimum Gasteiger partial charge on any atom is -0.507 e. The topological polar surface area (TPSA) is 83.1 Å². The van der Waals surface area contributed by atoms with Crippen LogP contribution >= 0.6 is 0 Å². The molecule has 0 radical (unpaired) electrons. The van der Waals surface area contributed by atoms with Gasteiger partial charge in [-0.2, -0.15) is 0 Å². The molecule has 140 valence electrons. The number of phenolic OH excluding ortho intramolecular Hbond substituents is 1. The first-order chi connectivity index (χ1) is 13.1. The monoisotopic (exact) mass is 367 g/mol. The van der Waals surface area contributed by atoms with Gasteiger partial charge in [0.2, 0.25) is 0 Å². The molecule has 2 aromatic carbocycles. The zero-order valence-electron chi connectivity index (χ0n) is 14.8. The highest BCUT2D eigenvalue weighted by atomic mass is 16.6. The predicted octanol–water partition coefficient (Wildman–Crippen LogP) is 3.31. The molecule has 1 unspecified atom stereocenters. The molecular weight excluding hydrogens is 346 g/mol. The number of aromatic hydroxyl groups is 1. The van der Waals surface area contributed by atoms with E-state index in [-0.39, 0.29) is 27.9 Å². The number of nitrogens with zero attached hydrogens (tertiary/aromatic N) is 1. The lowest BCUT2D eigenvalue weighted by Gasteiger charge is -2.30. The van der Waals surface area contributed by atoms with Gasteiger partial charge in [0.25, 0.3) is 6.41 Å². The Balaban J connectivity index is 1.70.